The molecule has 1 heterocycles. The van der Waals surface area contributed by atoms with Crippen LogP contribution < -0.4 is 5.32 Å². The molecule has 0 bridgehead atoms. The van der Waals surface area contributed by atoms with Gasteiger partial charge >= 0.3 is 0 Å². The van der Waals surface area contributed by atoms with Crippen LogP contribution in [-0.4, -0.2) is 49.0 Å². The number of hydrogen-bond donors (Lipinski definition) is 1. The minimum atomic E-state index is -0.800. The van der Waals surface area contributed by atoms with E-state index in [1.54, 1.807) is 6.21 Å². The molecule has 1 aliphatic heterocycles. The van der Waals surface area contributed by atoms with E-state index in [9.17, 15) is 9.59 Å². The molecule has 1 aliphatic rings. The quantitative estimate of drug-likeness (QED) is 0.425. The van der Waals surface area contributed by atoms with Crippen molar-refractivity contribution in [1.82, 2.24) is 4.90 Å². The first-order valence-corrected chi connectivity index (χ1v) is 12.3. The molecule has 0 spiro atoms. The smallest absolute Gasteiger partial charge is 0.228 e. The zero-order chi connectivity index (χ0) is 25.4. The summed E-state index contributed by atoms with van der Waals surface area (Å²) in [5.74, 6) is -0.0163. The van der Waals surface area contributed by atoms with E-state index in [2.05, 4.69) is 33.4 Å². The highest BCUT2D eigenvalue weighted by Gasteiger charge is 2.35. The van der Waals surface area contributed by atoms with Crippen molar-refractivity contribution in [3.05, 3.63) is 113 Å². The van der Waals surface area contributed by atoms with E-state index in [4.69, 9.17) is 0 Å². The van der Waals surface area contributed by atoms with E-state index in [-0.39, 0.29) is 18.1 Å². The largest absolute Gasteiger partial charge is 0.326 e. The molecule has 184 valence electrons. The first kappa shape index (κ1) is 25.3. The van der Waals surface area contributed by atoms with Crippen molar-refractivity contribution in [2.75, 3.05) is 26.0 Å². The van der Waals surface area contributed by atoms with E-state index in [1.807, 2.05) is 86.9 Å². The minimum Gasteiger partial charge on any atom is -0.326 e. The summed E-state index contributed by atoms with van der Waals surface area (Å²) in [7, 11) is 3.99. The number of amides is 1. The first-order valence-electron chi connectivity index (χ1n) is 12.3. The highest BCUT2D eigenvalue weighted by atomic mass is 16.1. The molecule has 1 amide bonds. The monoisotopic (exact) mass is 479 g/mol. The molecule has 0 saturated carbocycles. The molecule has 4 rings (SSSR count). The highest BCUT2D eigenvalue weighted by Crippen LogP contribution is 2.26. The molecule has 3 aromatic carbocycles. The standard InChI is InChI=1S/C31H33N3O2/c1-34(2)19-17-31(16-9-18-32-31)29(35)22-25-12-8-15-28(21-25)33-30(36)23-27-14-7-6-13-26(27)20-24-10-4-3-5-11-24/h3-16,18,21H,17,19-20,22-23H2,1-2H3,(H,33,36). The van der Waals surface area contributed by atoms with Gasteiger partial charge in [-0.2, -0.15) is 0 Å². The predicted molar refractivity (Wildman–Crippen MR) is 147 cm³/mol. The number of carbonyl (C=O) groups excluding carboxylic acids is 2. The van der Waals surface area contributed by atoms with E-state index < -0.39 is 5.54 Å². The van der Waals surface area contributed by atoms with Crippen LogP contribution in [0, 0.1) is 0 Å². The summed E-state index contributed by atoms with van der Waals surface area (Å²) in [6, 6.07) is 25.9. The van der Waals surface area contributed by atoms with Gasteiger partial charge in [0.05, 0.1) is 6.42 Å². The third-order valence-electron chi connectivity index (χ3n) is 6.47. The maximum atomic E-state index is 13.2. The Balaban J connectivity index is 1.40. The number of Topliss-reactive ketones (excluding diaryl/α,β-unsaturated/α-hetero) is 1. The first-order chi connectivity index (χ1) is 17.4. The van der Waals surface area contributed by atoms with Crippen LogP contribution in [0.25, 0.3) is 0 Å². The van der Waals surface area contributed by atoms with E-state index >= 15 is 0 Å². The second-order valence-corrected chi connectivity index (χ2v) is 9.57. The van der Waals surface area contributed by atoms with Gasteiger partial charge in [0.15, 0.2) is 5.78 Å². The number of rotatable bonds is 11. The summed E-state index contributed by atoms with van der Waals surface area (Å²) in [5.41, 5.74) is 4.13. The zero-order valence-corrected chi connectivity index (χ0v) is 21.0. The average Bonchev–Trinajstić information content (AvgIpc) is 3.35. The SMILES string of the molecule is CN(C)CCC1(C(=O)Cc2cccc(NC(=O)Cc3ccccc3Cc3ccccc3)c2)C=CC=N1. The van der Waals surface area contributed by atoms with Crippen molar-refractivity contribution >= 4 is 23.6 Å². The number of benzene rings is 3. The van der Waals surface area contributed by atoms with Crippen molar-refractivity contribution < 1.29 is 9.59 Å². The van der Waals surface area contributed by atoms with Gasteiger partial charge in [-0.25, -0.2) is 0 Å². The summed E-state index contributed by atoms with van der Waals surface area (Å²) in [5, 5.41) is 3.01. The lowest BCUT2D eigenvalue weighted by atomic mass is 9.87. The van der Waals surface area contributed by atoms with Gasteiger partial charge in [-0.1, -0.05) is 66.7 Å². The van der Waals surface area contributed by atoms with Crippen molar-refractivity contribution in [2.24, 2.45) is 4.99 Å². The summed E-state index contributed by atoms with van der Waals surface area (Å²) in [4.78, 5) is 32.7. The van der Waals surface area contributed by atoms with Gasteiger partial charge in [-0.15, -0.1) is 0 Å². The molecular weight excluding hydrogens is 446 g/mol. The molecule has 0 saturated heterocycles. The fourth-order valence-electron chi connectivity index (χ4n) is 4.46. The van der Waals surface area contributed by atoms with Crippen LogP contribution in [0.1, 0.15) is 28.7 Å². The Morgan fingerprint density at radius 1 is 0.861 bits per heavy atom. The molecule has 3 aromatic rings. The van der Waals surface area contributed by atoms with E-state index in [0.29, 0.717) is 18.5 Å². The van der Waals surface area contributed by atoms with Crippen LogP contribution in [0.3, 0.4) is 0 Å². The Kier molecular flexibility index (Phi) is 8.24. The predicted octanol–water partition coefficient (Wildman–Crippen LogP) is 4.90. The zero-order valence-electron chi connectivity index (χ0n) is 21.0. The number of nitrogens with zero attached hydrogens (tertiary/aromatic N) is 2. The molecule has 36 heavy (non-hydrogen) atoms. The molecule has 1 atom stereocenters. The maximum absolute atomic E-state index is 13.2. The molecule has 1 unspecified atom stereocenters. The molecule has 0 radical (unpaired) electrons. The van der Waals surface area contributed by atoms with Crippen LogP contribution in [0.5, 0.6) is 0 Å². The normalized spacial score (nSPS) is 16.4. The Morgan fingerprint density at radius 2 is 1.58 bits per heavy atom. The van der Waals surface area contributed by atoms with Crippen LogP contribution in [0.4, 0.5) is 5.69 Å². The lowest BCUT2D eigenvalue weighted by molar-refractivity contribution is -0.122. The second-order valence-electron chi connectivity index (χ2n) is 9.57. The third-order valence-corrected chi connectivity index (χ3v) is 6.47. The third kappa shape index (κ3) is 6.64. The Morgan fingerprint density at radius 3 is 2.31 bits per heavy atom. The number of carbonyl (C=O) groups is 2. The number of anilines is 1. The number of hydrogen-bond acceptors (Lipinski definition) is 4. The van der Waals surface area contributed by atoms with Gasteiger partial charge in [0, 0.05) is 24.9 Å². The van der Waals surface area contributed by atoms with Crippen LogP contribution in [0.2, 0.25) is 0 Å². The summed E-state index contributed by atoms with van der Waals surface area (Å²) in [6.45, 7) is 0.773. The summed E-state index contributed by atoms with van der Waals surface area (Å²) < 4.78 is 0. The molecule has 1 N–H and O–H groups in total. The van der Waals surface area contributed by atoms with Crippen molar-refractivity contribution in [2.45, 2.75) is 31.2 Å². The average molecular weight is 480 g/mol. The number of aliphatic imine (C=N–C) groups is 1. The Labute approximate surface area is 213 Å². The Hall–Kier alpha value is -3.83. The molecule has 0 fully saturated rings. The minimum absolute atomic E-state index is 0.0627. The highest BCUT2D eigenvalue weighted by molar-refractivity contribution is 5.97. The van der Waals surface area contributed by atoms with Crippen LogP contribution >= 0.6 is 0 Å². The topological polar surface area (TPSA) is 61.8 Å². The number of allylic oxidation sites excluding steroid dienone is 1. The summed E-state index contributed by atoms with van der Waals surface area (Å²) in [6.07, 6.45) is 7.44. The van der Waals surface area contributed by atoms with Gasteiger partial charge < -0.3 is 10.2 Å². The fraction of sp³-hybridized carbons (Fsp3) is 0.258. The molecular formula is C31H33N3O2. The Bertz CT molecular complexity index is 1250. The molecule has 5 heteroatoms. The van der Waals surface area contributed by atoms with Crippen molar-refractivity contribution in [1.29, 1.82) is 0 Å². The number of ketones is 1. The van der Waals surface area contributed by atoms with Gasteiger partial charge in [0.1, 0.15) is 5.54 Å². The van der Waals surface area contributed by atoms with Gasteiger partial charge in [0.25, 0.3) is 0 Å². The fourth-order valence-corrected chi connectivity index (χ4v) is 4.46. The van der Waals surface area contributed by atoms with Gasteiger partial charge in [-0.3, -0.25) is 14.6 Å². The van der Waals surface area contributed by atoms with Gasteiger partial charge in [-0.05, 0) is 73.5 Å². The van der Waals surface area contributed by atoms with Crippen LogP contribution in [-0.2, 0) is 28.9 Å². The van der Waals surface area contributed by atoms with E-state index in [0.717, 1.165) is 29.7 Å². The lowest BCUT2D eigenvalue weighted by Crippen LogP contribution is -2.37. The van der Waals surface area contributed by atoms with Gasteiger partial charge in [0.2, 0.25) is 5.91 Å². The molecule has 0 aliphatic carbocycles. The maximum Gasteiger partial charge on any atom is 0.228 e. The molecule has 5 nitrogen and oxygen atoms in total. The lowest BCUT2D eigenvalue weighted by Gasteiger charge is -2.24. The van der Waals surface area contributed by atoms with Crippen molar-refractivity contribution in [3.63, 3.8) is 0 Å². The van der Waals surface area contributed by atoms with E-state index in [1.165, 1.54) is 5.56 Å². The molecule has 0 aromatic heterocycles. The second kappa shape index (κ2) is 11.7. The van der Waals surface area contributed by atoms with Crippen molar-refractivity contribution in [3.8, 4) is 0 Å². The summed E-state index contributed by atoms with van der Waals surface area (Å²) >= 11 is 0. The number of nitrogens with one attached hydrogen (secondary N) is 1. The van der Waals surface area contributed by atoms with Crippen LogP contribution in [0.15, 0.2) is 96.0 Å².